The van der Waals surface area contributed by atoms with Crippen LogP contribution in [0.15, 0.2) is 17.5 Å². The fourth-order valence-corrected chi connectivity index (χ4v) is 3.74. The number of rotatable bonds is 2. The van der Waals surface area contributed by atoms with Crippen molar-refractivity contribution in [1.82, 2.24) is 9.38 Å². The smallest absolute Gasteiger partial charge is 0.195 e. The van der Waals surface area contributed by atoms with Crippen molar-refractivity contribution in [3.05, 3.63) is 33.8 Å². The van der Waals surface area contributed by atoms with E-state index in [-0.39, 0.29) is 0 Å². The summed E-state index contributed by atoms with van der Waals surface area (Å²) >= 11 is 3.43. The number of fused-ring (bicyclic) bond motifs is 1. The highest BCUT2D eigenvalue weighted by atomic mass is 32.1. The van der Waals surface area contributed by atoms with Crippen LogP contribution >= 0.6 is 22.7 Å². The van der Waals surface area contributed by atoms with Crippen molar-refractivity contribution in [2.45, 2.75) is 20.4 Å². The molecule has 0 aliphatic carbocycles. The average Bonchev–Trinajstić information content (AvgIpc) is 2.97. The van der Waals surface area contributed by atoms with Crippen molar-refractivity contribution in [1.29, 1.82) is 0 Å². The van der Waals surface area contributed by atoms with E-state index in [1.165, 1.54) is 15.4 Å². The first kappa shape index (κ1) is 11.0. The van der Waals surface area contributed by atoms with Gasteiger partial charge in [-0.05, 0) is 25.3 Å². The first-order chi connectivity index (χ1) is 8.22. The maximum Gasteiger partial charge on any atom is 0.195 e. The molecule has 0 atom stereocenters. The summed E-state index contributed by atoms with van der Waals surface area (Å²) in [4.78, 5) is 8.26. The van der Waals surface area contributed by atoms with Crippen LogP contribution in [0.1, 0.15) is 16.3 Å². The second-order valence-corrected chi connectivity index (χ2v) is 6.08. The van der Waals surface area contributed by atoms with E-state index in [9.17, 15) is 0 Å². The highest BCUT2D eigenvalue weighted by molar-refractivity contribution is 7.17. The zero-order chi connectivity index (χ0) is 12.0. The van der Waals surface area contributed by atoms with Crippen molar-refractivity contribution >= 4 is 27.6 Å². The van der Waals surface area contributed by atoms with Crippen LogP contribution in [-0.4, -0.2) is 9.38 Å². The first-order valence-corrected chi connectivity index (χ1v) is 7.13. The van der Waals surface area contributed by atoms with E-state index in [2.05, 4.69) is 29.7 Å². The molecule has 5 heteroatoms. The third kappa shape index (κ3) is 1.54. The average molecular weight is 263 g/mol. The van der Waals surface area contributed by atoms with Crippen LogP contribution in [0.2, 0.25) is 0 Å². The molecule has 0 radical (unpaired) electrons. The molecule has 0 bridgehead atoms. The molecule has 3 aromatic rings. The molecule has 0 amide bonds. The van der Waals surface area contributed by atoms with Gasteiger partial charge in [0, 0.05) is 17.1 Å². The molecule has 0 unspecified atom stereocenters. The van der Waals surface area contributed by atoms with Crippen molar-refractivity contribution < 1.29 is 0 Å². The fourth-order valence-electron chi connectivity index (χ4n) is 2.01. The summed E-state index contributed by atoms with van der Waals surface area (Å²) in [6, 6.07) is 4.14. The van der Waals surface area contributed by atoms with Crippen LogP contribution < -0.4 is 5.73 Å². The third-order valence-electron chi connectivity index (χ3n) is 2.98. The molecule has 0 aliphatic heterocycles. The van der Waals surface area contributed by atoms with Gasteiger partial charge < -0.3 is 5.73 Å². The van der Waals surface area contributed by atoms with E-state index in [1.807, 2.05) is 6.07 Å². The SMILES string of the molecule is Cc1sc2nc(-c3cccs3)c(CN)n2c1C. The number of thiophene rings is 1. The second kappa shape index (κ2) is 3.94. The normalized spacial score (nSPS) is 11.5. The number of imidazole rings is 1. The van der Waals surface area contributed by atoms with Gasteiger partial charge in [-0.25, -0.2) is 4.98 Å². The Balaban J connectivity index is 2.34. The topological polar surface area (TPSA) is 43.3 Å². The van der Waals surface area contributed by atoms with Gasteiger partial charge in [-0.1, -0.05) is 6.07 Å². The molecule has 0 aromatic carbocycles. The van der Waals surface area contributed by atoms with Gasteiger partial charge in [0.1, 0.15) is 5.69 Å². The van der Waals surface area contributed by atoms with E-state index in [0.29, 0.717) is 6.54 Å². The van der Waals surface area contributed by atoms with Crippen LogP contribution in [0.25, 0.3) is 15.5 Å². The Morgan fingerprint density at radius 3 is 2.88 bits per heavy atom. The van der Waals surface area contributed by atoms with Crippen molar-refractivity contribution in [2.75, 3.05) is 0 Å². The summed E-state index contributed by atoms with van der Waals surface area (Å²) in [5.74, 6) is 0. The van der Waals surface area contributed by atoms with Crippen molar-refractivity contribution in [2.24, 2.45) is 5.73 Å². The summed E-state index contributed by atoms with van der Waals surface area (Å²) in [5, 5.41) is 2.07. The molecule has 88 valence electrons. The highest BCUT2D eigenvalue weighted by Gasteiger charge is 2.17. The summed E-state index contributed by atoms with van der Waals surface area (Å²) < 4.78 is 2.19. The van der Waals surface area contributed by atoms with Gasteiger partial charge >= 0.3 is 0 Å². The van der Waals surface area contributed by atoms with Crippen LogP contribution in [0.3, 0.4) is 0 Å². The lowest BCUT2D eigenvalue weighted by Gasteiger charge is -2.01. The highest BCUT2D eigenvalue weighted by Crippen LogP contribution is 2.32. The molecular weight excluding hydrogens is 250 g/mol. The monoisotopic (exact) mass is 263 g/mol. The van der Waals surface area contributed by atoms with Crippen molar-refractivity contribution in [3.8, 4) is 10.6 Å². The molecular formula is C12H13N3S2. The Kier molecular flexibility index (Phi) is 2.54. The molecule has 0 spiro atoms. The number of nitrogens with two attached hydrogens (primary N) is 1. The summed E-state index contributed by atoms with van der Waals surface area (Å²) in [7, 11) is 0. The molecule has 17 heavy (non-hydrogen) atoms. The third-order valence-corrected chi connectivity index (χ3v) is 4.91. The quantitative estimate of drug-likeness (QED) is 0.771. The minimum atomic E-state index is 0.519. The molecule has 0 saturated heterocycles. The summed E-state index contributed by atoms with van der Waals surface area (Å²) in [5.41, 5.74) is 9.30. The lowest BCUT2D eigenvalue weighted by Crippen LogP contribution is -2.03. The molecule has 0 aliphatic rings. The van der Waals surface area contributed by atoms with Gasteiger partial charge in [0.25, 0.3) is 0 Å². The Morgan fingerprint density at radius 2 is 2.24 bits per heavy atom. The van der Waals surface area contributed by atoms with Crippen LogP contribution in [0, 0.1) is 13.8 Å². The molecule has 2 N–H and O–H groups in total. The zero-order valence-electron chi connectivity index (χ0n) is 9.73. The molecule has 3 aromatic heterocycles. The number of aryl methyl sites for hydroxylation is 2. The van der Waals surface area contributed by atoms with E-state index >= 15 is 0 Å². The summed E-state index contributed by atoms with van der Waals surface area (Å²) in [6.07, 6.45) is 0. The maximum atomic E-state index is 5.89. The number of nitrogens with zero attached hydrogens (tertiary/aromatic N) is 2. The first-order valence-electron chi connectivity index (χ1n) is 5.43. The molecule has 0 fully saturated rings. The van der Waals surface area contributed by atoms with Gasteiger partial charge in [0.05, 0.1) is 10.6 Å². The van der Waals surface area contributed by atoms with Crippen LogP contribution in [-0.2, 0) is 6.54 Å². The lowest BCUT2D eigenvalue weighted by molar-refractivity contribution is 0.942. The van der Waals surface area contributed by atoms with E-state index in [0.717, 1.165) is 16.3 Å². The van der Waals surface area contributed by atoms with Gasteiger partial charge in [-0.3, -0.25) is 4.40 Å². The van der Waals surface area contributed by atoms with Gasteiger partial charge in [0.2, 0.25) is 0 Å². The van der Waals surface area contributed by atoms with Gasteiger partial charge in [-0.15, -0.1) is 22.7 Å². The van der Waals surface area contributed by atoms with E-state index in [4.69, 9.17) is 10.7 Å². The second-order valence-electron chi connectivity index (χ2n) is 3.95. The zero-order valence-corrected chi connectivity index (χ0v) is 11.4. The maximum absolute atomic E-state index is 5.89. The fraction of sp³-hybridized carbons (Fsp3) is 0.250. The largest absolute Gasteiger partial charge is 0.325 e. The number of aromatic nitrogens is 2. The Morgan fingerprint density at radius 1 is 1.41 bits per heavy atom. The molecule has 3 rings (SSSR count). The number of hydrogen-bond donors (Lipinski definition) is 1. The predicted octanol–water partition coefficient (Wildman–Crippen LogP) is 3.20. The van der Waals surface area contributed by atoms with E-state index in [1.54, 1.807) is 22.7 Å². The number of thiazole rings is 1. The van der Waals surface area contributed by atoms with Gasteiger partial charge in [0.15, 0.2) is 4.96 Å². The molecule has 3 nitrogen and oxygen atoms in total. The Labute approximate surface area is 108 Å². The van der Waals surface area contributed by atoms with E-state index < -0.39 is 0 Å². The Bertz CT molecular complexity index is 662. The number of hydrogen-bond acceptors (Lipinski definition) is 4. The van der Waals surface area contributed by atoms with Crippen molar-refractivity contribution in [3.63, 3.8) is 0 Å². The minimum Gasteiger partial charge on any atom is -0.325 e. The summed E-state index contributed by atoms with van der Waals surface area (Å²) in [6.45, 7) is 4.77. The molecule has 0 saturated carbocycles. The van der Waals surface area contributed by atoms with Crippen LogP contribution in [0.5, 0.6) is 0 Å². The lowest BCUT2D eigenvalue weighted by atomic mass is 10.2. The predicted molar refractivity (Wildman–Crippen MR) is 73.7 cm³/mol. The van der Waals surface area contributed by atoms with Gasteiger partial charge in [-0.2, -0.15) is 0 Å². The Hall–Kier alpha value is -1.17. The van der Waals surface area contributed by atoms with Crippen LogP contribution in [0.4, 0.5) is 0 Å². The minimum absolute atomic E-state index is 0.519. The standard InChI is InChI=1S/C12H13N3S2/c1-7-8(2)17-12-14-11(9(6-13)15(7)12)10-4-3-5-16-10/h3-5H,6,13H2,1-2H3. The molecule has 3 heterocycles.